The van der Waals surface area contributed by atoms with Crippen molar-refractivity contribution < 1.29 is 4.79 Å². The minimum absolute atomic E-state index is 0.133. The number of fused-ring (bicyclic) bond motifs is 1. The Morgan fingerprint density at radius 3 is 3.28 bits per heavy atom. The van der Waals surface area contributed by atoms with Crippen molar-refractivity contribution in [3.8, 4) is 0 Å². The summed E-state index contributed by atoms with van der Waals surface area (Å²) in [7, 11) is 0. The van der Waals surface area contributed by atoms with E-state index in [2.05, 4.69) is 20.5 Å². The normalized spacial score (nSPS) is 18.3. The zero-order valence-electron chi connectivity index (χ0n) is 9.64. The number of hydrogen-bond acceptors (Lipinski definition) is 5. The number of rotatable bonds is 2. The van der Waals surface area contributed by atoms with E-state index in [1.807, 2.05) is 6.20 Å². The molecule has 1 aliphatic carbocycles. The number of aryl methyl sites for hydroxylation is 1. The Labute approximate surface area is 108 Å². The van der Waals surface area contributed by atoms with Crippen LogP contribution in [-0.2, 0) is 12.8 Å². The van der Waals surface area contributed by atoms with Crippen molar-refractivity contribution in [3.05, 3.63) is 28.5 Å². The number of nitrogens with zero attached hydrogens (tertiary/aromatic N) is 2. The van der Waals surface area contributed by atoms with Crippen LogP contribution in [0.1, 0.15) is 28.2 Å². The third-order valence-corrected chi connectivity index (χ3v) is 3.78. The lowest BCUT2D eigenvalue weighted by atomic mass is 9.94. The van der Waals surface area contributed by atoms with Crippen molar-refractivity contribution in [1.29, 1.82) is 0 Å². The Balaban J connectivity index is 1.66. The third-order valence-electron chi connectivity index (χ3n) is 3.11. The Kier molecular flexibility index (Phi) is 2.75. The number of H-pyrrole nitrogens is 1. The summed E-state index contributed by atoms with van der Waals surface area (Å²) >= 11 is 1.27. The number of aromatic nitrogens is 3. The molecule has 0 spiro atoms. The summed E-state index contributed by atoms with van der Waals surface area (Å²) < 4.78 is 0. The summed E-state index contributed by atoms with van der Waals surface area (Å²) in [5.41, 5.74) is 8.27. The summed E-state index contributed by atoms with van der Waals surface area (Å²) in [5.74, 6) is -0.157. The average molecular weight is 263 g/mol. The second-order valence-electron chi connectivity index (χ2n) is 4.36. The van der Waals surface area contributed by atoms with E-state index in [0.29, 0.717) is 10.8 Å². The molecule has 1 amide bonds. The molecule has 2 heterocycles. The van der Waals surface area contributed by atoms with E-state index < -0.39 is 0 Å². The molecule has 0 fully saturated rings. The second-order valence-corrected chi connectivity index (χ2v) is 5.25. The van der Waals surface area contributed by atoms with E-state index in [0.717, 1.165) is 25.0 Å². The third kappa shape index (κ3) is 2.08. The van der Waals surface area contributed by atoms with Gasteiger partial charge >= 0.3 is 0 Å². The number of carbonyl (C=O) groups is 1. The van der Waals surface area contributed by atoms with Gasteiger partial charge in [0, 0.05) is 23.5 Å². The topological polar surface area (TPSA) is 96.7 Å². The van der Waals surface area contributed by atoms with Gasteiger partial charge in [-0.05, 0) is 18.4 Å². The summed E-state index contributed by atoms with van der Waals surface area (Å²) in [6.45, 7) is 0. The standard InChI is InChI=1S/C11H13N5OS/c12-11-15-9(5-18-11)10(17)14-7-2-1-6-4-13-16-8(6)3-7/h4-5,7H,1-3H2,(H2,12,15)(H,13,16)(H,14,17)/t7-/m1/s1. The van der Waals surface area contributed by atoms with Crippen LogP contribution in [0.25, 0.3) is 0 Å². The van der Waals surface area contributed by atoms with Gasteiger partial charge in [0.25, 0.3) is 5.91 Å². The molecule has 4 N–H and O–H groups in total. The maximum atomic E-state index is 11.9. The Morgan fingerprint density at radius 1 is 1.61 bits per heavy atom. The SMILES string of the molecule is Nc1nc(C(=O)N[C@@H]2CCc3cn[nH]c3C2)cs1. The van der Waals surface area contributed by atoms with Crippen LogP contribution in [0.5, 0.6) is 0 Å². The van der Waals surface area contributed by atoms with E-state index in [1.54, 1.807) is 5.38 Å². The molecule has 0 aliphatic heterocycles. The zero-order chi connectivity index (χ0) is 12.5. The van der Waals surface area contributed by atoms with E-state index in [-0.39, 0.29) is 11.9 Å². The van der Waals surface area contributed by atoms with Gasteiger partial charge in [-0.25, -0.2) is 4.98 Å². The smallest absolute Gasteiger partial charge is 0.271 e. The number of nitrogens with one attached hydrogen (secondary N) is 2. The summed E-state index contributed by atoms with van der Waals surface area (Å²) in [5, 5.41) is 12.1. The molecule has 94 valence electrons. The highest BCUT2D eigenvalue weighted by Crippen LogP contribution is 2.19. The number of thiazole rings is 1. The predicted molar refractivity (Wildman–Crippen MR) is 68.4 cm³/mol. The average Bonchev–Trinajstić information content (AvgIpc) is 2.96. The minimum Gasteiger partial charge on any atom is -0.375 e. The van der Waals surface area contributed by atoms with Gasteiger partial charge in [-0.2, -0.15) is 5.10 Å². The van der Waals surface area contributed by atoms with E-state index in [9.17, 15) is 4.79 Å². The number of nitrogens with two attached hydrogens (primary N) is 1. The number of aromatic amines is 1. The highest BCUT2D eigenvalue weighted by molar-refractivity contribution is 7.13. The van der Waals surface area contributed by atoms with Crippen molar-refractivity contribution >= 4 is 22.4 Å². The quantitative estimate of drug-likeness (QED) is 0.744. The number of amides is 1. The molecular formula is C11H13N5OS. The van der Waals surface area contributed by atoms with Crippen LogP contribution in [0.15, 0.2) is 11.6 Å². The van der Waals surface area contributed by atoms with Gasteiger partial charge in [0.05, 0.1) is 6.20 Å². The molecule has 2 aromatic rings. The molecule has 0 aromatic carbocycles. The Bertz CT molecular complexity index is 576. The van der Waals surface area contributed by atoms with Gasteiger partial charge in [-0.3, -0.25) is 9.89 Å². The molecule has 2 aromatic heterocycles. The van der Waals surface area contributed by atoms with Gasteiger partial charge in [0.15, 0.2) is 5.13 Å². The lowest BCUT2D eigenvalue weighted by molar-refractivity contribution is 0.0929. The molecule has 18 heavy (non-hydrogen) atoms. The Morgan fingerprint density at radius 2 is 2.50 bits per heavy atom. The summed E-state index contributed by atoms with van der Waals surface area (Å²) in [4.78, 5) is 15.9. The van der Waals surface area contributed by atoms with Gasteiger partial charge in [-0.15, -0.1) is 11.3 Å². The Hall–Kier alpha value is -1.89. The molecule has 7 heteroatoms. The number of hydrogen-bond donors (Lipinski definition) is 3. The van der Waals surface area contributed by atoms with Crippen LogP contribution in [0.2, 0.25) is 0 Å². The van der Waals surface area contributed by atoms with Crippen molar-refractivity contribution in [3.63, 3.8) is 0 Å². The summed E-state index contributed by atoms with van der Waals surface area (Å²) in [6.07, 6.45) is 4.52. The van der Waals surface area contributed by atoms with Crippen LogP contribution in [0.4, 0.5) is 5.13 Å². The fourth-order valence-corrected chi connectivity index (χ4v) is 2.73. The van der Waals surface area contributed by atoms with Crippen LogP contribution < -0.4 is 11.1 Å². The lowest BCUT2D eigenvalue weighted by Gasteiger charge is -2.22. The molecule has 1 aliphatic rings. The van der Waals surface area contributed by atoms with Gasteiger partial charge in [0.2, 0.25) is 0 Å². The first-order valence-corrected chi connectivity index (χ1v) is 6.63. The lowest BCUT2D eigenvalue weighted by Crippen LogP contribution is -2.38. The highest BCUT2D eigenvalue weighted by Gasteiger charge is 2.22. The van der Waals surface area contributed by atoms with Crippen molar-refractivity contribution in [2.75, 3.05) is 5.73 Å². The maximum Gasteiger partial charge on any atom is 0.271 e. The van der Waals surface area contributed by atoms with Crippen LogP contribution in [0, 0.1) is 0 Å². The first-order chi connectivity index (χ1) is 8.72. The monoisotopic (exact) mass is 263 g/mol. The fraction of sp³-hybridized carbons (Fsp3) is 0.364. The van der Waals surface area contributed by atoms with Gasteiger partial charge < -0.3 is 11.1 Å². The van der Waals surface area contributed by atoms with E-state index >= 15 is 0 Å². The van der Waals surface area contributed by atoms with Gasteiger partial charge in [-0.1, -0.05) is 0 Å². The molecule has 1 atom stereocenters. The zero-order valence-corrected chi connectivity index (χ0v) is 10.5. The predicted octanol–water partition coefficient (Wildman–Crippen LogP) is 0.736. The van der Waals surface area contributed by atoms with Crippen molar-refractivity contribution in [1.82, 2.24) is 20.5 Å². The number of nitrogen functional groups attached to an aromatic ring is 1. The van der Waals surface area contributed by atoms with Crippen LogP contribution in [0.3, 0.4) is 0 Å². The molecule has 3 rings (SSSR count). The number of anilines is 1. The largest absolute Gasteiger partial charge is 0.375 e. The maximum absolute atomic E-state index is 11.9. The van der Waals surface area contributed by atoms with Crippen LogP contribution in [-0.4, -0.2) is 27.1 Å². The van der Waals surface area contributed by atoms with Crippen molar-refractivity contribution in [2.24, 2.45) is 0 Å². The van der Waals surface area contributed by atoms with Gasteiger partial charge in [0.1, 0.15) is 5.69 Å². The second kappa shape index (κ2) is 4.41. The van der Waals surface area contributed by atoms with E-state index in [4.69, 9.17) is 5.73 Å². The summed E-state index contributed by atoms with van der Waals surface area (Å²) in [6, 6.07) is 0.133. The fourth-order valence-electron chi connectivity index (χ4n) is 2.18. The molecule has 0 saturated heterocycles. The first-order valence-electron chi connectivity index (χ1n) is 5.75. The number of carbonyl (C=O) groups excluding carboxylic acids is 1. The van der Waals surface area contributed by atoms with E-state index in [1.165, 1.54) is 16.9 Å². The molecule has 0 radical (unpaired) electrons. The molecule has 0 unspecified atom stereocenters. The minimum atomic E-state index is -0.157. The molecule has 0 bridgehead atoms. The molecule has 0 saturated carbocycles. The van der Waals surface area contributed by atoms with Crippen LogP contribution >= 0.6 is 11.3 Å². The first kappa shape index (κ1) is 11.2. The molecular weight excluding hydrogens is 250 g/mol. The van der Waals surface area contributed by atoms with Crippen molar-refractivity contribution in [2.45, 2.75) is 25.3 Å². The highest BCUT2D eigenvalue weighted by atomic mass is 32.1. The molecule has 6 nitrogen and oxygen atoms in total.